The van der Waals surface area contributed by atoms with E-state index < -0.39 is 11.6 Å². The van der Waals surface area contributed by atoms with E-state index in [1.165, 1.54) is 6.07 Å². The topological polar surface area (TPSA) is 23.8 Å². The molecule has 21 heavy (non-hydrogen) atoms. The zero-order valence-corrected chi connectivity index (χ0v) is 11.3. The van der Waals surface area contributed by atoms with Gasteiger partial charge in [0.05, 0.1) is 6.07 Å². The summed E-state index contributed by atoms with van der Waals surface area (Å²) in [5.41, 5.74) is -1.39. The van der Waals surface area contributed by atoms with Crippen molar-refractivity contribution in [2.24, 2.45) is 5.41 Å². The molecule has 1 nitrogen and oxygen atoms in total. The van der Waals surface area contributed by atoms with E-state index in [2.05, 4.69) is 0 Å². The predicted molar refractivity (Wildman–Crippen MR) is 74.4 cm³/mol. The summed E-state index contributed by atoms with van der Waals surface area (Å²) in [7, 11) is 0. The Morgan fingerprint density at radius 3 is 1.43 bits per heavy atom. The Bertz CT molecular complexity index is 570. The number of alkyl halides is 3. The fourth-order valence-corrected chi connectivity index (χ4v) is 2.29. The first-order chi connectivity index (χ1) is 9.97. The molecule has 0 heterocycles. The summed E-state index contributed by atoms with van der Waals surface area (Å²) in [5, 5.41) is 9.26. The minimum atomic E-state index is -4.59. The molecule has 0 N–H and O–H groups in total. The fraction of sp³-hybridized carbons (Fsp3) is 0.235. The van der Waals surface area contributed by atoms with Crippen LogP contribution in [0.3, 0.4) is 0 Å². The number of hydrogen-bond donors (Lipinski definition) is 0. The first kappa shape index (κ1) is 15.1. The summed E-state index contributed by atoms with van der Waals surface area (Å²) in [4.78, 5) is 0. The largest absolute Gasteiger partial charge is 0.407 e. The van der Waals surface area contributed by atoms with Gasteiger partial charge >= 0.3 is 6.18 Å². The van der Waals surface area contributed by atoms with Crippen LogP contribution in [0.25, 0.3) is 0 Å². The van der Waals surface area contributed by atoms with E-state index in [1.807, 2.05) is 0 Å². The van der Waals surface area contributed by atoms with Crippen molar-refractivity contribution in [3.05, 3.63) is 71.8 Å². The number of benzene rings is 2. The summed E-state index contributed by atoms with van der Waals surface area (Å²) in [6.07, 6.45) is -5.28. The maximum absolute atomic E-state index is 13.5. The van der Waals surface area contributed by atoms with E-state index in [9.17, 15) is 18.4 Å². The second kappa shape index (κ2) is 6.01. The smallest absolute Gasteiger partial charge is 0.197 e. The van der Waals surface area contributed by atoms with E-state index in [4.69, 9.17) is 0 Å². The Kier molecular flexibility index (Phi) is 4.32. The summed E-state index contributed by atoms with van der Waals surface area (Å²) in [6, 6.07) is 18.2. The van der Waals surface area contributed by atoms with Gasteiger partial charge in [-0.25, -0.2) is 0 Å². The van der Waals surface area contributed by atoms with E-state index in [0.29, 0.717) is 11.1 Å². The lowest BCUT2D eigenvalue weighted by Crippen LogP contribution is -2.40. The Labute approximate surface area is 121 Å². The van der Waals surface area contributed by atoms with E-state index in [1.54, 1.807) is 60.7 Å². The van der Waals surface area contributed by atoms with Crippen LogP contribution in [-0.2, 0) is 12.8 Å². The highest BCUT2D eigenvalue weighted by molar-refractivity contribution is 5.25. The van der Waals surface area contributed by atoms with Gasteiger partial charge in [-0.1, -0.05) is 60.7 Å². The lowest BCUT2D eigenvalue weighted by atomic mass is 9.77. The van der Waals surface area contributed by atoms with Crippen molar-refractivity contribution >= 4 is 0 Å². The summed E-state index contributed by atoms with van der Waals surface area (Å²) >= 11 is 0. The Balaban J connectivity index is 2.37. The van der Waals surface area contributed by atoms with Crippen molar-refractivity contribution in [3.63, 3.8) is 0 Å². The molecule has 2 rings (SSSR count). The maximum Gasteiger partial charge on any atom is 0.407 e. The molecule has 0 bridgehead atoms. The second-order valence-electron chi connectivity index (χ2n) is 5.02. The maximum atomic E-state index is 13.5. The van der Waals surface area contributed by atoms with Crippen LogP contribution >= 0.6 is 0 Å². The highest BCUT2D eigenvalue weighted by Crippen LogP contribution is 2.43. The lowest BCUT2D eigenvalue weighted by molar-refractivity contribution is -0.202. The zero-order chi connectivity index (χ0) is 15.3. The average Bonchev–Trinajstić information content (AvgIpc) is 2.47. The summed E-state index contributed by atoms with van der Waals surface area (Å²) in [5.74, 6) is 0. The van der Waals surface area contributed by atoms with Crippen LogP contribution < -0.4 is 0 Å². The SMILES string of the molecule is N#CC(Cc1ccccc1)(Cc1ccccc1)C(F)(F)F. The number of nitriles is 1. The zero-order valence-electron chi connectivity index (χ0n) is 11.3. The Morgan fingerprint density at radius 2 is 1.14 bits per heavy atom. The molecule has 0 aliphatic carbocycles. The van der Waals surface area contributed by atoms with Gasteiger partial charge in [0.25, 0.3) is 0 Å². The summed E-state index contributed by atoms with van der Waals surface area (Å²) < 4.78 is 40.6. The van der Waals surface area contributed by atoms with Crippen molar-refractivity contribution < 1.29 is 13.2 Å². The number of rotatable bonds is 4. The monoisotopic (exact) mass is 289 g/mol. The van der Waals surface area contributed by atoms with Gasteiger partial charge < -0.3 is 0 Å². The molecule has 0 saturated heterocycles. The van der Waals surface area contributed by atoms with Crippen LogP contribution in [0.1, 0.15) is 11.1 Å². The molecule has 4 heteroatoms. The molecule has 108 valence electrons. The highest BCUT2D eigenvalue weighted by atomic mass is 19.4. The van der Waals surface area contributed by atoms with Crippen LogP contribution in [0.2, 0.25) is 0 Å². The molecular formula is C17H14F3N. The van der Waals surface area contributed by atoms with Gasteiger partial charge in [-0.05, 0) is 11.1 Å². The van der Waals surface area contributed by atoms with Gasteiger partial charge in [0.15, 0.2) is 5.41 Å². The molecule has 0 radical (unpaired) electrons. The van der Waals surface area contributed by atoms with Crippen LogP contribution in [0.5, 0.6) is 0 Å². The standard InChI is InChI=1S/C17H14F3N/c18-17(19,20)16(13-21,11-14-7-3-1-4-8-14)12-15-9-5-2-6-10-15/h1-10H,11-12H2. The fourth-order valence-electron chi connectivity index (χ4n) is 2.29. The third kappa shape index (κ3) is 3.43. The number of hydrogen-bond acceptors (Lipinski definition) is 1. The quantitative estimate of drug-likeness (QED) is 0.810. The van der Waals surface area contributed by atoms with Gasteiger partial charge in [-0.15, -0.1) is 0 Å². The van der Waals surface area contributed by atoms with Gasteiger partial charge in [0, 0.05) is 12.8 Å². The Hall–Kier alpha value is -2.28. The van der Waals surface area contributed by atoms with Gasteiger partial charge in [-0.3, -0.25) is 0 Å². The third-order valence-corrected chi connectivity index (χ3v) is 3.45. The van der Waals surface area contributed by atoms with Crippen LogP contribution in [0.4, 0.5) is 13.2 Å². The minimum absolute atomic E-state index is 0.345. The van der Waals surface area contributed by atoms with Crippen molar-refractivity contribution in [2.45, 2.75) is 19.0 Å². The van der Waals surface area contributed by atoms with E-state index in [-0.39, 0.29) is 12.8 Å². The number of nitrogens with zero attached hydrogens (tertiary/aromatic N) is 1. The molecule has 2 aromatic carbocycles. The van der Waals surface area contributed by atoms with Crippen molar-refractivity contribution in [1.82, 2.24) is 0 Å². The lowest BCUT2D eigenvalue weighted by Gasteiger charge is -2.29. The molecule has 0 saturated carbocycles. The van der Waals surface area contributed by atoms with E-state index >= 15 is 0 Å². The highest BCUT2D eigenvalue weighted by Gasteiger charge is 2.55. The molecule has 0 aliphatic rings. The molecule has 0 spiro atoms. The van der Waals surface area contributed by atoms with Crippen LogP contribution in [0.15, 0.2) is 60.7 Å². The molecular weight excluding hydrogens is 275 g/mol. The Morgan fingerprint density at radius 1 is 0.762 bits per heavy atom. The van der Waals surface area contributed by atoms with Crippen molar-refractivity contribution in [3.8, 4) is 6.07 Å². The molecule has 0 aromatic heterocycles. The first-order valence-corrected chi connectivity index (χ1v) is 6.53. The van der Waals surface area contributed by atoms with Crippen LogP contribution in [-0.4, -0.2) is 6.18 Å². The average molecular weight is 289 g/mol. The molecule has 0 fully saturated rings. The molecule has 0 aliphatic heterocycles. The van der Waals surface area contributed by atoms with Crippen molar-refractivity contribution in [1.29, 1.82) is 5.26 Å². The van der Waals surface area contributed by atoms with E-state index in [0.717, 1.165) is 0 Å². The molecule has 2 aromatic rings. The van der Waals surface area contributed by atoms with Crippen molar-refractivity contribution in [2.75, 3.05) is 0 Å². The summed E-state index contributed by atoms with van der Waals surface area (Å²) in [6.45, 7) is 0. The normalized spacial score (nSPS) is 11.9. The molecule has 0 unspecified atom stereocenters. The first-order valence-electron chi connectivity index (χ1n) is 6.53. The number of halogens is 3. The second-order valence-corrected chi connectivity index (χ2v) is 5.02. The minimum Gasteiger partial charge on any atom is -0.197 e. The van der Waals surface area contributed by atoms with Gasteiger partial charge in [0.1, 0.15) is 0 Å². The third-order valence-electron chi connectivity index (χ3n) is 3.45. The van der Waals surface area contributed by atoms with Crippen LogP contribution in [0, 0.1) is 16.7 Å². The predicted octanol–water partition coefficient (Wildman–Crippen LogP) is 4.54. The van der Waals surface area contributed by atoms with Gasteiger partial charge in [0.2, 0.25) is 0 Å². The van der Waals surface area contributed by atoms with Gasteiger partial charge in [-0.2, -0.15) is 18.4 Å². The molecule has 0 amide bonds. The molecule has 0 atom stereocenters.